The van der Waals surface area contributed by atoms with Crippen molar-refractivity contribution in [1.82, 2.24) is 24.6 Å². The Labute approximate surface area is 179 Å². The molecule has 0 radical (unpaired) electrons. The Balaban J connectivity index is 1.57. The van der Waals surface area contributed by atoms with Crippen molar-refractivity contribution in [2.24, 2.45) is 0 Å². The van der Waals surface area contributed by atoms with Crippen LogP contribution in [0.2, 0.25) is 5.02 Å². The third-order valence-electron chi connectivity index (χ3n) is 4.58. The SMILES string of the molecule is O=C(Cn1cnc2c(cnn2-c2ccccc2[N+](=O)[O-])c1=O)NCc1ccc(Cl)cc1. The van der Waals surface area contributed by atoms with Crippen LogP contribution in [0.3, 0.4) is 0 Å². The second kappa shape index (κ2) is 8.36. The summed E-state index contributed by atoms with van der Waals surface area (Å²) >= 11 is 5.84. The van der Waals surface area contributed by atoms with E-state index in [1.165, 1.54) is 35.4 Å². The van der Waals surface area contributed by atoms with Gasteiger partial charge in [0.1, 0.15) is 23.9 Å². The zero-order chi connectivity index (χ0) is 22.0. The number of hydrogen-bond acceptors (Lipinski definition) is 6. The predicted molar refractivity (Wildman–Crippen MR) is 113 cm³/mol. The highest BCUT2D eigenvalue weighted by Crippen LogP contribution is 2.23. The molecule has 0 saturated carbocycles. The Morgan fingerprint density at radius 1 is 1.16 bits per heavy atom. The summed E-state index contributed by atoms with van der Waals surface area (Å²) in [5.74, 6) is -0.371. The predicted octanol–water partition coefficient (Wildman–Crippen LogP) is 2.46. The minimum absolute atomic E-state index is 0.145. The molecule has 0 saturated heterocycles. The molecule has 1 amide bonds. The lowest BCUT2D eigenvalue weighted by atomic mass is 10.2. The minimum atomic E-state index is -0.533. The Morgan fingerprint density at radius 2 is 1.90 bits per heavy atom. The van der Waals surface area contributed by atoms with Gasteiger partial charge >= 0.3 is 0 Å². The largest absolute Gasteiger partial charge is 0.350 e. The highest BCUT2D eigenvalue weighted by Gasteiger charge is 2.19. The van der Waals surface area contributed by atoms with Crippen LogP contribution in [-0.2, 0) is 17.9 Å². The van der Waals surface area contributed by atoms with E-state index < -0.39 is 10.5 Å². The molecular formula is C20H15ClN6O4. The van der Waals surface area contributed by atoms with Crippen LogP contribution >= 0.6 is 11.6 Å². The van der Waals surface area contributed by atoms with E-state index >= 15 is 0 Å². The van der Waals surface area contributed by atoms with Crippen molar-refractivity contribution < 1.29 is 9.72 Å². The Kier molecular flexibility index (Phi) is 5.46. The summed E-state index contributed by atoms with van der Waals surface area (Å²) in [6.07, 6.45) is 2.50. The second-order valence-electron chi connectivity index (χ2n) is 6.62. The van der Waals surface area contributed by atoms with Crippen molar-refractivity contribution in [2.75, 3.05) is 0 Å². The molecule has 1 N–H and O–H groups in total. The lowest BCUT2D eigenvalue weighted by Crippen LogP contribution is -2.32. The van der Waals surface area contributed by atoms with E-state index in [4.69, 9.17) is 11.6 Å². The number of carbonyl (C=O) groups is 1. The van der Waals surface area contributed by atoms with E-state index in [0.717, 1.165) is 10.1 Å². The molecule has 0 unspecified atom stereocenters. The van der Waals surface area contributed by atoms with Gasteiger partial charge in [-0.3, -0.25) is 24.3 Å². The number of fused-ring (bicyclic) bond motifs is 1. The maximum absolute atomic E-state index is 12.8. The summed E-state index contributed by atoms with van der Waals surface area (Å²) in [7, 11) is 0. The number of amides is 1. The second-order valence-corrected chi connectivity index (χ2v) is 7.06. The van der Waals surface area contributed by atoms with Crippen molar-refractivity contribution in [3.05, 3.63) is 92.1 Å². The molecule has 0 fully saturated rings. The molecule has 10 nitrogen and oxygen atoms in total. The first-order chi connectivity index (χ1) is 14.9. The minimum Gasteiger partial charge on any atom is -0.350 e. The number of hydrogen-bond donors (Lipinski definition) is 1. The van der Waals surface area contributed by atoms with Crippen LogP contribution < -0.4 is 10.9 Å². The number of aromatic nitrogens is 4. The Morgan fingerprint density at radius 3 is 2.65 bits per heavy atom. The van der Waals surface area contributed by atoms with E-state index in [2.05, 4.69) is 15.4 Å². The zero-order valence-electron chi connectivity index (χ0n) is 15.9. The lowest BCUT2D eigenvalue weighted by molar-refractivity contribution is -0.384. The van der Waals surface area contributed by atoms with Crippen LogP contribution in [0.5, 0.6) is 0 Å². The highest BCUT2D eigenvalue weighted by molar-refractivity contribution is 6.30. The fourth-order valence-electron chi connectivity index (χ4n) is 3.05. The summed E-state index contributed by atoms with van der Waals surface area (Å²) < 4.78 is 2.39. The molecule has 0 aliphatic heterocycles. The number of carbonyl (C=O) groups excluding carboxylic acids is 1. The van der Waals surface area contributed by atoms with Crippen LogP contribution in [-0.4, -0.2) is 30.2 Å². The summed E-state index contributed by atoms with van der Waals surface area (Å²) in [4.78, 5) is 40.0. The van der Waals surface area contributed by atoms with Crippen molar-refractivity contribution >= 4 is 34.2 Å². The number of nitro groups is 1. The fraction of sp³-hybridized carbons (Fsp3) is 0.100. The number of nitrogens with one attached hydrogen (secondary N) is 1. The molecule has 0 aliphatic rings. The molecular weight excluding hydrogens is 424 g/mol. The zero-order valence-corrected chi connectivity index (χ0v) is 16.7. The number of para-hydroxylation sites is 2. The first-order valence-electron chi connectivity index (χ1n) is 9.12. The van der Waals surface area contributed by atoms with E-state index in [-0.39, 0.29) is 41.4 Å². The van der Waals surface area contributed by atoms with Crippen LogP contribution in [0.15, 0.2) is 65.8 Å². The topological polar surface area (TPSA) is 125 Å². The molecule has 2 heterocycles. The van der Waals surface area contributed by atoms with Crippen LogP contribution in [0.4, 0.5) is 5.69 Å². The van der Waals surface area contributed by atoms with Gasteiger partial charge in [0.05, 0.1) is 11.1 Å². The van der Waals surface area contributed by atoms with Crippen molar-refractivity contribution in [3.63, 3.8) is 0 Å². The van der Waals surface area contributed by atoms with Crippen LogP contribution in [0, 0.1) is 10.1 Å². The molecule has 2 aromatic heterocycles. The van der Waals surface area contributed by atoms with E-state index in [1.807, 2.05) is 0 Å². The average Bonchev–Trinajstić information content (AvgIpc) is 3.20. The number of nitrogens with zero attached hydrogens (tertiary/aromatic N) is 5. The van der Waals surface area contributed by atoms with Crippen molar-refractivity contribution in [2.45, 2.75) is 13.1 Å². The van der Waals surface area contributed by atoms with Gasteiger partial charge in [0, 0.05) is 17.6 Å². The normalized spacial score (nSPS) is 10.9. The van der Waals surface area contributed by atoms with Crippen molar-refractivity contribution in [1.29, 1.82) is 0 Å². The molecule has 4 aromatic rings. The summed E-state index contributed by atoms with van der Waals surface area (Å²) in [5.41, 5.74) is 0.575. The molecule has 156 valence electrons. The number of nitro benzene ring substituents is 1. The fourth-order valence-corrected chi connectivity index (χ4v) is 3.17. The van der Waals surface area contributed by atoms with Gasteiger partial charge in [-0.2, -0.15) is 5.10 Å². The molecule has 11 heteroatoms. The van der Waals surface area contributed by atoms with Crippen molar-refractivity contribution in [3.8, 4) is 5.69 Å². The monoisotopic (exact) mass is 438 g/mol. The Bertz CT molecular complexity index is 1350. The lowest BCUT2D eigenvalue weighted by Gasteiger charge is -2.08. The van der Waals surface area contributed by atoms with Gasteiger partial charge in [-0.15, -0.1) is 0 Å². The van der Waals surface area contributed by atoms with Crippen LogP contribution in [0.25, 0.3) is 16.7 Å². The van der Waals surface area contributed by atoms with Gasteiger partial charge in [0.15, 0.2) is 5.65 Å². The number of halogens is 1. The first-order valence-corrected chi connectivity index (χ1v) is 9.50. The maximum atomic E-state index is 12.8. The van der Waals surface area contributed by atoms with Gasteiger partial charge in [-0.25, -0.2) is 9.67 Å². The molecule has 2 aromatic carbocycles. The first kappa shape index (κ1) is 20.2. The van der Waals surface area contributed by atoms with E-state index in [9.17, 15) is 19.7 Å². The van der Waals surface area contributed by atoms with Gasteiger partial charge in [-0.05, 0) is 23.8 Å². The third-order valence-corrected chi connectivity index (χ3v) is 4.83. The van der Waals surface area contributed by atoms with Gasteiger partial charge < -0.3 is 5.32 Å². The quantitative estimate of drug-likeness (QED) is 0.364. The van der Waals surface area contributed by atoms with Gasteiger partial charge in [0.2, 0.25) is 5.91 Å². The third kappa shape index (κ3) is 4.14. The van der Waals surface area contributed by atoms with Gasteiger partial charge in [0.25, 0.3) is 11.2 Å². The average molecular weight is 439 g/mol. The van der Waals surface area contributed by atoms with Crippen LogP contribution in [0.1, 0.15) is 5.56 Å². The molecule has 4 rings (SSSR count). The molecule has 0 atom stereocenters. The summed E-state index contributed by atoms with van der Waals surface area (Å²) in [5, 5.41) is 18.9. The molecule has 0 aliphatic carbocycles. The summed E-state index contributed by atoms with van der Waals surface area (Å²) in [6, 6.07) is 13.1. The number of benzene rings is 2. The maximum Gasteiger partial charge on any atom is 0.294 e. The van der Waals surface area contributed by atoms with Gasteiger partial charge in [-0.1, -0.05) is 35.9 Å². The molecule has 0 spiro atoms. The molecule has 31 heavy (non-hydrogen) atoms. The van der Waals surface area contributed by atoms with E-state index in [0.29, 0.717) is 5.02 Å². The summed E-state index contributed by atoms with van der Waals surface area (Å²) in [6.45, 7) is 0.0576. The number of rotatable bonds is 6. The van der Waals surface area contributed by atoms with E-state index in [1.54, 1.807) is 30.3 Å². The standard InChI is InChI=1S/C20H15ClN6O4/c21-14-7-5-13(6-8-14)9-22-18(28)11-25-12-23-19-15(20(25)29)10-24-26(19)16-3-1-2-4-17(16)27(30)31/h1-8,10,12H,9,11H2,(H,22,28). The molecule has 0 bridgehead atoms. The Hall–Kier alpha value is -4.05. The smallest absolute Gasteiger partial charge is 0.294 e. The highest BCUT2D eigenvalue weighted by atomic mass is 35.5.